The summed E-state index contributed by atoms with van der Waals surface area (Å²) in [5.74, 6) is 0.787. The van der Waals surface area contributed by atoms with Crippen LogP contribution in [0.3, 0.4) is 0 Å². The first-order chi connectivity index (χ1) is 14.4. The average molecular weight is 434 g/mol. The standard InChI is InChI=1S/C21H31N5O3S/c1-17(2)29-14-15-30(27,28)26-12-10-25(11-13-26)21(22-3)24-16-19-7-4-6-18-8-5-9-23-20(18)19/h4-9,17H,10-16H2,1-3H3,(H,22,24). The van der Waals surface area contributed by atoms with E-state index >= 15 is 0 Å². The number of sulfonamides is 1. The van der Waals surface area contributed by atoms with E-state index in [0.717, 1.165) is 22.4 Å². The molecule has 8 nitrogen and oxygen atoms in total. The first-order valence-electron chi connectivity index (χ1n) is 10.3. The van der Waals surface area contributed by atoms with E-state index in [9.17, 15) is 8.42 Å². The summed E-state index contributed by atoms with van der Waals surface area (Å²) in [6.07, 6.45) is 1.83. The molecule has 0 saturated carbocycles. The van der Waals surface area contributed by atoms with Crippen molar-refractivity contribution in [1.29, 1.82) is 0 Å². The van der Waals surface area contributed by atoms with Crippen molar-refractivity contribution in [2.45, 2.75) is 26.5 Å². The number of nitrogens with zero attached hydrogens (tertiary/aromatic N) is 4. The summed E-state index contributed by atoms with van der Waals surface area (Å²) in [5.41, 5.74) is 2.07. The van der Waals surface area contributed by atoms with Gasteiger partial charge in [0, 0.05) is 51.4 Å². The third-order valence-corrected chi connectivity index (χ3v) is 6.92. The third-order valence-electron chi connectivity index (χ3n) is 5.09. The fourth-order valence-corrected chi connectivity index (χ4v) is 4.80. The highest BCUT2D eigenvalue weighted by Gasteiger charge is 2.28. The van der Waals surface area contributed by atoms with Gasteiger partial charge in [-0.1, -0.05) is 24.3 Å². The Morgan fingerprint density at radius 2 is 1.93 bits per heavy atom. The van der Waals surface area contributed by atoms with E-state index in [2.05, 4.69) is 26.3 Å². The van der Waals surface area contributed by atoms with Gasteiger partial charge in [0.15, 0.2) is 5.96 Å². The summed E-state index contributed by atoms with van der Waals surface area (Å²) in [6.45, 7) is 6.71. The summed E-state index contributed by atoms with van der Waals surface area (Å²) >= 11 is 0. The molecule has 0 spiro atoms. The number of ether oxygens (including phenoxy) is 1. The lowest BCUT2D eigenvalue weighted by molar-refractivity contribution is 0.0904. The predicted octanol–water partition coefficient (Wildman–Crippen LogP) is 1.68. The molecule has 0 radical (unpaired) electrons. The van der Waals surface area contributed by atoms with Crippen LogP contribution in [0.2, 0.25) is 0 Å². The number of pyridine rings is 1. The zero-order valence-corrected chi connectivity index (χ0v) is 18.7. The van der Waals surface area contributed by atoms with Gasteiger partial charge in [-0.15, -0.1) is 0 Å². The van der Waals surface area contributed by atoms with Gasteiger partial charge in [-0.2, -0.15) is 4.31 Å². The van der Waals surface area contributed by atoms with Gasteiger partial charge in [0.25, 0.3) is 0 Å². The summed E-state index contributed by atoms with van der Waals surface area (Å²) in [7, 11) is -1.56. The lowest BCUT2D eigenvalue weighted by Crippen LogP contribution is -2.54. The maximum absolute atomic E-state index is 12.5. The molecule has 1 aromatic carbocycles. The molecule has 0 bridgehead atoms. The number of hydrogen-bond acceptors (Lipinski definition) is 5. The Balaban J connectivity index is 1.55. The van der Waals surface area contributed by atoms with E-state index in [4.69, 9.17) is 4.74 Å². The van der Waals surface area contributed by atoms with Crippen LogP contribution in [0.1, 0.15) is 19.4 Å². The van der Waals surface area contributed by atoms with Crippen LogP contribution in [0.25, 0.3) is 10.9 Å². The molecular weight excluding hydrogens is 402 g/mol. The number of piperazine rings is 1. The molecule has 1 aromatic heterocycles. The Morgan fingerprint density at radius 1 is 1.20 bits per heavy atom. The molecule has 164 valence electrons. The number of para-hydroxylation sites is 1. The Hall–Kier alpha value is -2.23. The molecule has 0 aliphatic carbocycles. The number of rotatable bonds is 7. The molecule has 1 fully saturated rings. The zero-order valence-electron chi connectivity index (χ0n) is 17.9. The highest BCUT2D eigenvalue weighted by atomic mass is 32.2. The summed E-state index contributed by atoms with van der Waals surface area (Å²) < 4.78 is 32.0. The molecule has 2 aromatic rings. The van der Waals surface area contributed by atoms with E-state index in [1.165, 1.54) is 0 Å². The van der Waals surface area contributed by atoms with Gasteiger partial charge in [0.1, 0.15) is 0 Å². The van der Waals surface area contributed by atoms with Crippen LogP contribution in [-0.4, -0.2) is 80.3 Å². The first kappa shape index (κ1) is 22.5. The molecule has 2 heterocycles. The Morgan fingerprint density at radius 3 is 2.63 bits per heavy atom. The molecule has 0 unspecified atom stereocenters. The van der Waals surface area contributed by atoms with Gasteiger partial charge in [-0.3, -0.25) is 9.98 Å². The maximum atomic E-state index is 12.5. The normalized spacial score (nSPS) is 16.4. The van der Waals surface area contributed by atoms with E-state index in [1.54, 1.807) is 17.5 Å². The molecule has 1 aliphatic rings. The van der Waals surface area contributed by atoms with Gasteiger partial charge < -0.3 is 15.0 Å². The Kier molecular flexibility index (Phi) is 7.63. The van der Waals surface area contributed by atoms with Crippen LogP contribution in [0.4, 0.5) is 0 Å². The molecule has 30 heavy (non-hydrogen) atoms. The predicted molar refractivity (Wildman–Crippen MR) is 120 cm³/mol. The van der Waals surface area contributed by atoms with Crippen LogP contribution < -0.4 is 5.32 Å². The quantitative estimate of drug-likeness (QED) is 0.528. The van der Waals surface area contributed by atoms with Crippen molar-refractivity contribution in [3.63, 3.8) is 0 Å². The molecule has 9 heteroatoms. The van der Waals surface area contributed by atoms with Crippen molar-refractivity contribution in [3.8, 4) is 0 Å². The molecule has 1 N–H and O–H groups in total. The van der Waals surface area contributed by atoms with Crippen LogP contribution in [-0.2, 0) is 21.3 Å². The monoisotopic (exact) mass is 433 g/mol. The Labute approximate surface area is 179 Å². The van der Waals surface area contributed by atoms with Crippen molar-refractivity contribution >= 4 is 26.9 Å². The summed E-state index contributed by atoms with van der Waals surface area (Å²) in [5, 5.41) is 4.50. The van der Waals surface area contributed by atoms with Gasteiger partial charge in [-0.25, -0.2) is 8.42 Å². The second kappa shape index (κ2) is 10.2. The first-order valence-corrected chi connectivity index (χ1v) is 11.9. The number of fused-ring (bicyclic) bond motifs is 1. The van der Waals surface area contributed by atoms with E-state index in [-0.39, 0.29) is 18.5 Å². The molecule has 0 amide bonds. The smallest absolute Gasteiger partial charge is 0.216 e. The fourth-order valence-electron chi connectivity index (χ4n) is 3.51. The van der Waals surface area contributed by atoms with Gasteiger partial charge in [-0.05, 0) is 25.5 Å². The van der Waals surface area contributed by atoms with Crippen molar-refractivity contribution in [3.05, 3.63) is 42.1 Å². The number of hydrogen-bond donors (Lipinski definition) is 1. The van der Waals surface area contributed by atoms with Crippen LogP contribution in [0.15, 0.2) is 41.5 Å². The minimum atomic E-state index is -3.30. The lowest BCUT2D eigenvalue weighted by Gasteiger charge is -2.35. The van der Waals surface area contributed by atoms with Crippen molar-refractivity contribution in [1.82, 2.24) is 19.5 Å². The fraction of sp³-hybridized carbons (Fsp3) is 0.524. The molecule has 3 rings (SSSR count). The zero-order chi connectivity index (χ0) is 21.6. The lowest BCUT2D eigenvalue weighted by atomic mass is 10.1. The largest absolute Gasteiger partial charge is 0.378 e. The summed E-state index contributed by atoms with van der Waals surface area (Å²) in [4.78, 5) is 11.0. The SMILES string of the molecule is CN=C(NCc1cccc2cccnc12)N1CCN(S(=O)(=O)CCOC(C)C)CC1. The number of aromatic nitrogens is 1. The molecular formula is C21H31N5O3S. The van der Waals surface area contributed by atoms with Crippen LogP contribution >= 0.6 is 0 Å². The Bertz CT molecular complexity index is 964. The second-order valence-electron chi connectivity index (χ2n) is 7.51. The minimum absolute atomic E-state index is 0.0201. The minimum Gasteiger partial charge on any atom is -0.378 e. The maximum Gasteiger partial charge on any atom is 0.216 e. The number of benzene rings is 1. The van der Waals surface area contributed by atoms with E-state index < -0.39 is 10.0 Å². The van der Waals surface area contributed by atoms with E-state index in [1.807, 2.05) is 38.1 Å². The second-order valence-corrected chi connectivity index (χ2v) is 9.60. The highest BCUT2D eigenvalue weighted by molar-refractivity contribution is 7.89. The topological polar surface area (TPSA) is 87.1 Å². The number of guanidine groups is 1. The average Bonchev–Trinajstić information content (AvgIpc) is 2.74. The molecule has 0 atom stereocenters. The van der Waals surface area contributed by atoms with Crippen molar-refractivity contribution < 1.29 is 13.2 Å². The van der Waals surface area contributed by atoms with Crippen LogP contribution in [0.5, 0.6) is 0 Å². The van der Waals surface area contributed by atoms with Crippen molar-refractivity contribution in [2.24, 2.45) is 4.99 Å². The van der Waals surface area contributed by atoms with Crippen molar-refractivity contribution in [2.75, 3.05) is 45.6 Å². The molecule has 1 aliphatic heterocycles. The number of aliphatic imine (C=N–C) groups is 1. The van der Waals surface area contributed by atoms with Gasteiger partial charge >= 0.3 is 0 Å². The highest BCUT2D eigenvalue weighted by Crippen LogP contribution is 2.16. The van der Waals surface area contributed by atoms with Gasteiger partial charge in [0.05, 0.1) is 24.0 Å². The third kappa shape index (κ3) is 5.68. The van der Waals surface area contributed by atoms with Crippen LogP contribution in [0, 0.1) is 0 Å². The summed E-state index contributed by atoms with van der Waals surface area (Å²) in [6, 6.07) is 10.1. The van der Waals surface area contributed by atoms with E-state index in [0.29, 0.717) is 32.7 Å². The molecule has 1 saturated heterocycles. The number of nitrogens with one attached hydrogen (secondary N) is 1. The van der Waals surface area contributed by atoms with Gasteiger partial charge in [0.2, 0.25) is 10.0 Å².